The second-order valence-corrected chi connectivity index (χ2v) is 8.10. The van der Waals surface area contributed by atoms with E-state index in [1.807, 2.05) is 0 Å². The van der Waals surface area contributed by atoms with Crippen molar-refractivity contribution < 1.29 is 14.3 Å². The Balaban J connectivity index is 2.21. The summed E-state index contributed by atoms with van der Waals surface area (Å²) in [6.45, 7) is 5.55. The van der Waals surface area contributed by atoms with Crippen LogP contribution in [0.2, 0.25) is 10.0 Å². The lowest BCUT2D eigenvalue weighted by atomic mass is 10.2. The van der Waals surface area contributed by atoms with Gasteiger partial charge in [-0.15, -0.1) is 0 Å². The van der Waals surface area contributed by atoms with Gasteiger partial charge in [-0.25, -0.2) is 14.7 Å². The Morgan fingerprint density at radius 2 is 2.04 bits per heavy atom. The molecule has 0 fully saturated rings. The maximum Gasteiger partial charge on any atom is 0.420 e. The molecule has 2 heterocycles. The highest BCUT2D eigenvalue weighted by molar-refractivity contribution is 9.10. The minimum Gasteiger partial charge on any atom is -0.486 e. The van der Waals surface area contributed by atoms with Crippen molar-refractivity contribution >= 4 is 56.7 Å². The summed E-state index contributed by atoms with van der Waals surface area (Å²) in [7, 11) is 0. The molecule has 1 aliphatic rings. The van der Waals surface area contributed by atoms with Gasteiger partial charge in [-0.3, -0.25) is 0 Å². The van der Waals surface area contributed by atoms with Crippen molar-refractivity contribution in [3.8, 4) is 5.75 Å². The molecule has 0 spiro atoms. The Hall–Kier alpha value is -1.50. The number of nitrogens with zero attached hydrogens (tertiary/aromatic N) is 2. The molecular formula is C17H15BrCl2N2O3. The first kappa shape index (κ1) is 18.3. The van der Waals surface area contributed by atoms with Crippen LogP contribution in [0.15, 0.2) is 28.9 Å². The van der Waals surface area contributed by atoms with Gasteiger partial charge in [-0.05, 0) is 48.8 Å². The fourth-order valence-electron chi connectivity index (χ4n) is 2.35. The van der Waals surface area contributed by atoms with E-state index >= 15 is 0 Å². The molecule has 3 rings (SSSR count). The number of ether oxygens (including phenoxy) is 2. The van der Waals surface area contributed by atoms with E-state index in [9.17, 15) is 4.79 Å². The fourth-order valence-corrected chi connectivity index (χ4v) is 3.03. The van der Waals surface area contributed by atoms with Crippen molar-refractivity contribution in [1.29, 1.82) is 0 Å². The summed E-state index contributed by atoms with van der Waals surface area (Å²) in [6.07, 6.45) is 0.957. The SMILES string of the molecule is CC(C)(C)OC(=O)N1c2cc(Br)c(Cl)cc2OCc2c(Cl)ccnc21. The Morgan fingerprint density at radius 1 is 1.32 bits per heavy atom. The van der Waals surface area contributed by atoms with Crippen molar-refractivity contribution in [2.24, 2.45) is 0 Å². The Labute approximate surface area is 164 Å². The Bertz CT molecular complexity index is 853. The van der Waals surface area contributed by atoms with Gasteiger partial charge in [0.25, 0.3) is 0 Å². The number of hydrogen-bond acceptors (Lipinski definition) is 4. The number of carbonyl (C=O) groups is 1. The minimum absolute atomic E-state index is 0.159. The highest BCUT2D eigenvalue weighted by atomic mass is 79.9. The third kappa shape index (κ3) is 3.71. The molecule has 0 aliphatic carbocycles. The highest BCUT2D eigenvalue weighted by Gasteiger charge is 2.33. The van der Waals surface area contributed by atoms with Crippen LogP contribution in [-0.4, -0.2) is 16.7 Å². The fraction of sp³-hybridized carbons (Fsp3) is 0.294. The van der Waals surface area contributed by atoms with Crippen LogP contribution in [0, 0.1) is 0 Å². The largest absolute Gasteiger partial charge is 0.486 e. The number of halogens is 3. The van der Waals surface area contributed by atoms with Crippen molar-refractivity contribution in [1.82, 2.24) is 4.98 Å². The van der Waals surface area contributed by atoms with Gasteiger partial charge in [0, 0.05) is 16.7 Å². The molecule has 0 bridgehead atoms. The highest BCUT2D eigenvalue weighted by Crippen LogP contribution is 2.44. The molecule has 1 aromatic heterocycles. The van der Waals surface area contributed by atoms with E-state index in [0.717, 1.165) is 0 Å². The standard InChI is InChI=1S/C17H15BrCl2N2O3/c1-17(2,3)25-16(23)22-13-6-10(18)12(20)7-14(13)24-8-9-11(19)4-5-21-15(9)22/h4-7H,8H2,1-3H3. The molecule has 0 saturated heterocycles. The van der Waals surface area contributed by atoms with Crippen molar-refractivity contribution in [3.63, 3.8) is 0 Å². The summed E-state index contributed by atoms with van der Waals surface area (Å²) in [5.41, 5.74) is 0.393. The van der Waals surface area contributed by atoms with Crippen LogP contribution < -0.4 is 9.64 Å². The molecule has 1 aliphatic heterocycles. The molecule has 0 radical (unpaired) electrons. The Morgan fingerprint density at radius 3 is 2.72 bits per heavy atom. The number of carbonyl (C=O) groups excluding carboxylic acids is 1. The van der Waals surface area contributed by atoms with Gasteiger partial charge in [-0.1, -0.05) is 23.2 Å². The second-order valence-electron chi connectivity index (χ2n) is 6.43. The predicted octanol–water partition coefficient (Wildman–Crippen LogP) is 6.12. The topological polar surface area (TPSA) is 51.7 Å². The van der Waals surface area contributed by atoms with Crippen LogP contribution >= 0.6 is 39.1 Å². The number of rotatable bonds is 0. The van der Waals surface area contributed by atoms with E-state index in [2.05, 4.69) is 20.9 Å². The van der Waals surface area contributed by atoms with Gasteiger partial charge < -0.3 is 9.47 Å². The first-order valence-corrected chi connectivity index (χ1v) is 9.00. The third-order valence-corrected chi connectivity index (χ3v) is 4.93. The molecule has 0 N–H and O–H groups in total. The van der Waals surface area contributed by atoms with Crippen LogP contribution in [0.3, 0.4) is 0 Å². The van der Waals surface area contributed by atoms with Crippen molar-refractivity contribution in [2.45, 2.75) is 33.0 Å². The summed E-state index contributed by atoms with van der Waals surface area (Å²) in [5.74, 6) is 0.808. The van der Waals surface area contributed by atoms with Crippen LogP contribution in [0.1, 0.15) is 26.3 Å². The number of fused-ring (bicyclic) bond motifs is 2. The zero-order valence-electron chi connectivity index (χ0n) is 13.8. The van der Waals surface area contributed by atoms with E-state index < -0.39 is 11.7 Å². The maximum absolute atomic E-state index is 12.9. The van der Waals surface area contributed by atoms with Crippen LogP contribution in [0.25, 0.3) is 0 Å². The first-order valence-electron chi connectivity index (χ1n) is 7.46. The molecule has 0 unspecified atom stereocenters. The summed E-state index contributed by atoms with van der Waals surface area (Å²) in [5, 5.41) is 0.921. The molecule has 5 nitrogen and oxygen atoms in total. The number of hydrogen-bond donors (Lipinski definition) is 0. The lowest BCUT2D eigenvalue weighted by Crippen LogP contribution is -2.34. The molecule has 2 aromatic rings. The Kier molecular flexibility index (Phi) is 4.88. The molecule has 1 aromatic carbocycles. The van der Waals surface area contributed by atoms with Crippen molar-refractivity contribution in [2.75, 3.05) is 4.90 Å². The quantitative estimate of drug-likeness (QED) is 0.490. The molecule has 0 saturated carbocycles. The van der Waals surface area contributed by atoms with Crippen molar-refractivity contribution in [3.05, 3.63) is 44.5 Å². The summed E-state index contributed by atoms with van der Waals surface area (Å²) >= 11 is 15.8. The van der Waals surface area contributed by atoms with Crippen LogP contribution in [-0.2, 0) is 11.3 Å². The predicted molar refractivity (Wildman–Crippen MR) is 101 cm³/mol. The third-order valence-electron chi connectivity index (χ3n) is 3.38. The smallest absolute Gasteiger partial charge is 0.420 e. The van der Waals surface area contributed by atoms with Gasteiger partial charge in [0.15, 0.2) is 5.82 Å². The molecule has 0 atom stereocenters. The number of pyridine rings is 1. The molecule has 132 valence electrons. The summed E-state index contributed by atoms with van der Waals surface area (Å²) in [4.78, 5) is 18.6. The van der Waals surface area contributed by atoms with Gasteiger partial charge >= 0.3 is 6.09 Å². The van der Waals surface area contributed by atoms with Crippen LogP contribution in [0.4, 0.5) is 16.3 Å². The molecule has 25 heavy (non-hydrogen) atoms. The molecule has 1 amide bonds. The van der Waals surface area contributed by atoms with E-state index in [0.29, 0.717) is 37.3 Å². The minimum atomic E-state index is -0.674. The zero-order valence-corrected chi connectivity index (χ0v) is 16.9. The number of amides is 1. The van der Waals surface area contributed by atoms with Gasteiger partial charge in [0.05, 0.1) is 21.3 Å². The molecule has 8 heteroatoms. The normalized spacial score (nSPS) is 13.4. The van der Waals surface area contributed by atoms with Gasteiger partial charge in [0.2, 0.25) is 0 Å². The monoisotopic (exact) mass is 444 g/mol. The summed E-state index contributed by atoms with van der Waals surface area (Å²) in [6, 6.07) is 4.98. The summed E-state index contributed by atoms with van der Waals surface area (Å²) < 4.78 is 12.0. The second kappa shape index (κ2) is 6.67. The van der Waals surface area contributed by atoms with E-state index in [4.69, 9.17) is 32.7 Å². The van der Waals surface area contributed by atoms with E-state index in [1.165, 1.54) is 11.1 Å². The maximum atomic E-state index is 12.9. The zero-order chi connectivity index (χ0) is 18.4. The number of aromatic nitrogens is 1. The lowest BCUT2D eigenvalue weighted by Gasteiger charge is -2.27. The van der Waals surface area contributed by atoms with Crippen LogP contribution in [0.5, 0.6) is 5.75 Å². The average molecular weight is 446 g/mol. The number of anilines is 2. The molecular weight excluding hydrogens is 431 g/mol. The first-order chi connectivity index (χ1) is 11.7. The van der Waals surface area contributed by atoms with E-state index in [-0.39, 0.29) is 6.61 Å². The van der Waals surface area contributed by atoms with E-state index in [1.54, 1.807) is 39.0 Å². The van der Waals surface area contributed by atoms with Gasteiger partial charge in [-0.2, -0.15) is 0 Å². The lowest BCUT2D eigenvalue weighted by molar-refractivity contribution is 0.0598. The van der Waals surface area contributed by atoms with Gasteiger partial charge in [0.1, 0.15) is 18.0 Å². The number of benzene rings is 1. The average Bonchev–Trinajstić information content (AvgIpc) is 2.64.